The third kappa shape index (κ3) is 2.90. The molecule has 0 unspecified atom stereocenters. The Balaban J connectivity index is 1.60. The van der Waals surface area contributed by atoms with E-state index in [9.17, 15) is 9.59 Å². The van der Waals surface area contributed by atoms with Gasteiger partial charge in [0.1, 0.15) is 11.5 Å². The number of fused-ring (bicyclic) bond motifs is 1. The van der Waals surface area contributed by atoms with Gasteiger partial charge in [0.2, 0.25) is 11.8 Å². The van der Waals surface area contributed by atoms with Crippen LogP contribution >= 0.6 is 11.6 Å². The van der Waals surface area contributed by atoms with Gasteiger partial charge in [0.15, 0.2) is 0 Å². The summed E-state index contributed by atoms with van der Waals surface area (Å²) in [6.07, 6.45) is 3.33. The topological polar surface area (TPSA) is 46.6 Å². The van der Waals surface area contributed by atoms with Crippen molar-refractivity contribution >= 4 is 29.1 Å². The molecule has 1 heterocycles. The SMILES string of the molecule is CC1=CC[C@H]2C(=O)N(c3ccc(Oc4ccccc4)c(Cl)c3)C(=O)[C@H]2C1. The molecule has 1 fully saturated rings. The van der Waals surface area contributed by atoms with Gasteiger partial charge in [0, 0.05) is 0 Å². The molecular formula is C21H18ClNO3. The molecule has 1 aliphatic carbocycles. The number of imide groups is 1. The average molecular weight is 368 g/mol. The maximum atomic E-state index is 12.8. The molecule has 1 aliphatic heterocycles. The first-order valence-corrected chi connectivity index (χ1v) is 8.98. The number of para-hydroxylation sites is 1. The zero-order valence-electron chi connectivity index (χ0n) is 14.3. The number of nitrogens with zero attached hydrogens (tertiary/aromatic N) is 1. The highest BCUT2D eigenvalue weighted by atomic mass is 35.5. The van der Waals surface area contributed by atoms with Gasteiger partial charge < -0.3 is 4.74 Å². The van der Waals surface area contributed by atoms with Gasteiger partial charge in [-0.25, -0.2) is 4.90 Å². The fourth-order valence-corrected chi connectivity index (χ4v) is 3.83. The zero-order valence-corrected chi connectivity index (χ0v) is 15.1. The van der Waals surface area contributed by atoms with Gasteiger partial charge in [0.05, 0.1) is 22.5 Å². The molecule has 0 saturated carbocycles. The lowest BCUT2D eigenvalue weighted by Gasteiger charge is -2.18. The first-order valence-electron chi connectivity index (χ1n) is 8.60. The number of rotatable bonds is 3. The molecule has 2 amide bonds. The molecule has 0 bridgehead atoms. The minimum Gasteiger partial charge on any atom is -0.456 e. The largest absolute Gasteiger partial charge is 0.456 e. The number of benzene rings is 2. The number of hydrogen-bond donors (Lipinski definition) is 0. The van der Waals surface area contributed by atoms with Crippen LogP contribution in [0.3, 0.4) is 0 Å². The summed E-state index contributed by atoms with van der Waals surface area (Å²) in [4.78, 5) is 26.8. The van der Waals surface area contributed by atoms with Crippen molar-refractivity contribution in [3.8, 4) is 11.5 Å². The van der Waals surface area contributed by atoms with Crippen LogP contribution in [0.2, 0.25) is 5.02 Å². The molecule has 0 spiro atoms. The fourth-order valence-electron chi connectivity index (χ4n) is 3.62. The fraction of sp³-hybridized carbons (Fsp3) is 0.238. The number of ether oxygens (including phenoxy) is 1. The predicted molar refractivity (Wildman–Crippen MR) is 100 cm³/mol. The quantitative estimate of drug-likeness (QED) is 0.568. The van der Waals surface area contributed by atoms with Crippen LogP contribution in [0.15, 0.2) is 60.2 Å². The number of hydrogen-bond acceptors (Lipinski definition) is 3. The van der Waals surface area contributed by atoms with Crippen LogP contribution in [0, 0.1) is 11.8 Å². The van der Waals surface area contributed by atoms with Crippen LogP contribution in [-0.4, -0.2) is 11.8 Å². The third-order valence-electron chi connectivity index (χ3n) is 4.97. The maximum absolute atomic E-state index is 12.8. The minimum absolute atomic E-state index is 0.139. The second-order valence-corrected chi connectivity index (χ2v) is 7.15. The van der Waals surface area contributed by atoms with Crippen molar-refractivity contribution in [2.24, 2.45) is 11.8 Å². The van der Waals surface area contributed by atoms with Gasteiger partial charge in [-0.15, -0.1) is 0 Å². The van der Waals surface area contributed by atoms with Crippen molar-refractivity contribution in [3.05, 3.63) is 65.2 Å². The van der Waals surface area contributed by atoms with Crippen LogP contribution in [0.5, 0.6) is 11.5 Å². The molecule has 2 atom stereocenters. The monoisotopic (exact) mass is 367 g/mol. The van der Waals surface area contributed by atoms with Crippen LogP contribution in [-0.2, 0) is 9.59 Å². The highest BCUT2D eigenvalue weighted by molar-refractivity contribution is 6.33. The molecule has 5 heteroatoms. The molecule has 2 aromatic carbocycles. The molecule has 2 aliphatic rings. The van der Waals surface area contributed by atoms with Crippen molar-refractivity contribution in [1.82, 2.24) is 0 Å². The molecule has 2 aromatic rings. The van der Waals surface area contributed by atoms with Crippen molar-refractivity contribution < 1.29 is 14.3 Å². The van der Waals surface area contributed by atoms with Crippen LogP contribution in [0.1, 0.15) is 19.8 Å². The Bertz CT molecular complexity index is 907. The van der Waals surface area contributed by atoms with E-state index in [4.69, 9.17) is 16.3 Å². The van der Waals surface area contributed by atoms with Gasteiger partial charge in [-0.2, -0.15) is 0 Å². The van der Waals surface area contributed by atoms with Crippen molar-refractivity contribution in [2.75, 3.05) is 4.90 Å². The van der Waals surface area contributed by atoms with E-state index in [1.54, 1.807) is 18.2 Å². The highest BCUT2D eigenvalue weighted by Crippen LogP contribution is 2.41. The maximum Gasteiger partial charge on any atom is 0.238 e. The Kier molecular flexibility index (Phi) is 4.29. The number of allylic oxidation sites excluding steroid dienone is 2. The summed E-state index contributed by atoms with van der Waals surface area (Å²) in [5, 5.41) is 0.358. The summed E-state index contributed by atoms with van der Waals surface area (Å²) in [5.74, 6) is 0.354. The van der Waals surface area contributed by atoms with E-state index in [2.05, 4.69) is 6.08 Å². The molecule has 0 radical (unpaired) electrons. The Morgan fingerprint density at radius 1 is 1.04 bits per heavy atom. The number of carbonyl (C=O) groups is 2. The van der Waals surface area contributed by atoms with E-state index >= 15 is 0 Å². The highest BCUT2D eigenvalue weighted by Gasteiger charge is 2.48. The number of halogens is 1. The van der Waals surface area contributed by atoms with E-state index in [1.807, 2.05) is 37.3 Å². The first kappa shape index (κ1) is 16.9. The van der Waals surface area contributed by atoms with Gasteiger partial charge in [-0.3, -0.25) is 9.59 Å². The number of amides is 2. The summed E-state index contributed by atoms with van der Waals surface area (Å²) in [6.45, 7) is 2.00. The van der Waals surface area contributed by atoms with Crippen LogP contribution in [0.25, 0.3) is 0 Å². The van der Waals surface area contributed by atoms with E-state index < -0.39 is 0 Å². The van der Waals surface area contributed by atoms with Crippen molar-refractivity contribution in [1.29, 1.82) is 0 Å². The normalized spacial score (nSPS) is 22.2. The summed E-state index contributed by atoms with van der Waals surface area (Å²) >= 11 is 6.34. The molecule has 132 valence electrons. The van der Waals surface area contributed by atoms with Crippen molar-refractivity contribution in [3.63, 3.8) is 0 Å². The van der Waals surface area contributed by atoms with E-state index in [0.717, 1.165) is 0 Å². The molecule has 4 nitrogen and oxygen atoms in total. The van der Waals surface area contributed by atoms with Crippen LogP contribution < -0.4 is 9.64 Å². The van der Waals surface area contributed by atoms with Gasteiger partial charge in [0.25, 0.3) is 0 Å². The Morgan fingerprint density at radius 2 is 1.77 bits per heavy atom. The van der Waals surface area contributed by atoms with E-state index in [0.29, 0.717) is 35.1 Å². The summed E-state index contributed by atoms with van der Waals surface area (Å²) in [7, 11) is 0. The third-order valence-corrected chi connectivity index (χ3v) is 5.26. The van der Waals surface area contributed by atoms with Crippen molar-refractivity contribution in [2.45, 2.75) is 19.8 Å². The molecule has 0 aromatic heterocycles. The molecule has 0 N–H and O–H groups in total. The predicted octanol–water partition coefficient (Wildman–Crippen LogP) is 4.98. The first-order chi connectivity index (χ1) is 12.5. The molecule has 1 saturated heterocycles. The average Bonchev–Trinajstić information content (AvgIpc) is 2.88. The van der Waals surface area contributed by atoms with Crippen LogP contribution in [0.4, 0.5) is 5.69 Å². The summed E-state index contributed by atoms with van der Waals surface area (Å²) in [5.41, 5.74) is 1.66. The Labute approximate surface area is 157 Å². The number of carbonyl (C=O) groups excluding carboxylic acids is 2. The van der Waals surface area contributed by atoms with Gasteiger partial charge >= 0.3 is 0 Å². The standard InChI is InChI=1S/C21H18ClNO3/c1-13-7-9-16-17(11-13)21(25)23(20(16)24)14-8-10-19(18(22)12-14)26-15-5-3-2-4-6-15/h2-8,10,12,16-17H,9,11H2,1H3/t16-,17+/m1/s1. The second-order valence-electron chi connectivity index (χ2n) is 6.75. The zero-order chi connectivity index (χ0) is 18.3. The summed E-state index contributed by atoms with van der Waals surface area (Å²) in [6, 6.07) is 14.3. The van der Waals surface area contributed by atoms with E-state index in [1.165, 1.54) is 10.5 Å². The molecule has 26 heavy (non-hydrogen) atoms. The second kappa shape index (κ2) is 6.61. The minimum atomic E-state index is -0.259. The number of anilines is 1. The van der Waals surface area contributed by atoms with E-state index in [-0.39, 0.29) is 23.7 Å². The van der Waals surface area contributed by atoms with Gasteiger partial charge in [-0.05, 0) is 50.1 Å². The van der Waals surface area contributed by atoms with Gasteiger partial charge in [-0.1, -0.05) is 41.4 Å². The molecule has 4 rings (SSSR count). The lowest BCUT2D eigenvalue weighted by molar-refractivity contribution is -0.122. The Hall–Kier alpha value is -2.59. The lowest BCUT2D eigenvalue weighted by Crippen LogP contribution is -2.30. The lowest BCUT2D eigenvalue weighted by atomic mass is 9.82. The smallest absolute Gasteiger partial charge is 0.238 e. The Morgan fingerprint density at radius 3 is 2.50 bits per heavy atom. The summed E-state index contributed by atoms with van der Waals surface area (Å²) < 4.78 is 5.76. The molecular weight excluding hydrogens is 350 g/mol.